The summed E-state index contributed by atoms with van der Waals surface area (Å²) in [4.78, 5) is 39.9. The molecule has 0 aromatic heterocycles. The fourth-order valence-corrected chi connectivity index (χ4v) is 4.08. The molecule has 0 unspecified atom stereocenters. The largest absolute Gasteiger partial charge is 0.342 e. The van der Waals surface area contributed by atoms with Gasteiger partial charge in [0.05, 0.1) is 16.9 Å². The number of amides is 3. The third kappa shape index (κ3) is 3.48. The van der Waals surface area contributed by atoms with Crippen LogP contribution in [0.25, 0.3) is 0 Å². The highest BCUT2D eigenvalue weighted by molar-refractivity contribution is 7.99. The summed E-state index contributed by atoms with van der Waals surface area (Å²) in [5, 5.41) is 0. The van der Waals surface area contributed by atoms with Crippen molar-refractivity contribution >= 4 is 29.5 Å². The molecular formula is C18H22N2O3S. The van der Waals surface area contributed by atoms with E-state index in [0.29, 0.717) is 35.1 Å². The number of benzene rings is 1. The van der Waals surface area contributed by atoms with Crippen LogP contribution in [0.2, 0.25) is 0 Å². The Hall–Kier alpha value is -1.82. The van der Waals surface area contributed by atoms with E-state index in [1.807, 2.05) is 4.90 Å². The molecule has 1 atom stereocenters. The Bertz CT molecular complexity index is 626. The van der Waals surface area contributed by atoms with E-state index in [1.54, 1.807) is 24.3 Å². The molecule has 0 radical (unpaired) electrons. The maximum absolute atomic E-state index is 12.2. The molecule has 2 aliphatic rings. The number of thioether (sulfide) groups is 1. The van der Waals surface area contributed by atoms with Crippen LogP contribution in [0.5, 0.6) is 0 Å². The molecule has 0 aliphatic carbocycles. The van der Waals surface area contributed by atoms with Gasteiger partial charge in [-0.2, -0.15) is 11.8 Å². The van der Waals surface area contributed by atoms with Crippen LogP contribution in [0.4, 0.5) is 0 Å². The third-order valence-electron chi connectivity index (χ3n) is 4.57. The van der Waals surface area contributed by atoms with E-state index in [1.165, 1.54) is 23.1 Å². The monoisotopic (exact) mass is 346 g/mol. The van der Waals surface area contributed by atoms with Gasteiger partial charge in [0, 0.05) is 25.4 Å². The molecule has 1 fully saturated rings. The lowest BCUT2D eigenvalue weighted by molar-refractivity contribution is -0.130. The number of nitrogens with zero attached hydrogens (tertiary/aromatic N) is 2. The summed E-state index contributed by atoms with van der Waals surface area (Å²) in [6, 6.07) is 6.90. The van der Waals surface area contributed by atoms with Gasteiger partial charge in [-0.15, -0.1) is 0 Å². The number of hydrogen-bond donors (Lipinski definition) is 0. The van der Waals surface area contributed by atoms with Crippen LogP contribution in [0.1, 0.15) is 40.5 Å². The number of likely N-dealkylation sites (tertiary alicyclic amines) is 1. The van der Waals surface area contributed by atoms with Crippen molar-refractivity contribution in [2.45, 2.75) is 19.8 Å². The van der Waals surface area contributed by atoms with E-state index in [9.17, 15) is 14.4 Å². The second-order valence-electron chi connectivity index (χ2n) is 6.45. The SMILES string of the molecule is C[C@@H]1CCCN(C(=O)CSCCN2C(=O)c3ccccc3C2=O)C1. The molecule has 1 aromatic rings. The number of hydrogen-bond acceptors (Lipinski definition) is 4. The van der Waals surface area contributed by atoms with E-state index in [4.69, 9.17) is 0 Å². The quantitative estimate of drug-likeness (QED) is 0.606. The van der Waals surface area contributed by atoms with Crippen molar-refractivity contribution < 1.29 is 14.4 Å². The second kappa shape index (κ2) is 7.38. The molecule has 5 nitrogen and oxygen atoms in total. The Morgan fingerprint density at radius 3 is 2.50 bits per heavy atom. The molecule has 128 valence electrons. The lowest BCUT2D eigenvalue weighted by Crippen LogP contribution is -2.40. The van der Waals surface area contributed by atoms with Gasteiger partial charge in [-0.3, -0.25) is 19.3 Å². The fourth-order valence-electron chi connectivity index (χ4n) is 3.26. The van der Waals surface area contributed by atoms with Gasteiger partial charge < -0.3 is 4.90 Å². The maximum Gasteiger partial charge on any atom is 0.261 e. The van der Waals surface area contributed by atoms with E-state index >= 15 is 0 Å². The van der Waals surface area contributed by atoms with Crippen LogP contribution in [0.15, 0.2) is 24.3 Å². The molecule has 0 N–H and O–H groups in total. The summed E-state index contributed by atoms with van der Waals surface area (Å²) in [6.45, 7) is 4.22. The summed E-state index contributed by atoms with van der Waals surface area (Å²) in [5.41, 5.74) is 0.955. The van der Waals surface area contributed by atoms with Crippen LogP contribution in [0.3, 0.4) is 0 Å². The predicted molar refractivity (Wildman–Crippen MR) is 94.1 cm³/mol. The minimum atomic E-state index is -0.229. The van der Waals surface area contributed by atoms with Crippen molar-refractivity contribution in [2.75, 3.05) is 31.1 Å². The van der Waals surface area contributed by atoms with Gasteiger partial charge in [-0.25, -0.2) is 0 Å². The van der Waals surface area contributed by atoms with Gasteiger partial charge in [-0.05, 0) is 30.9 Å². The Morgan fingerprint density at radius 2 is 1.88 bits per heavy atom. The first-order valence-electron chi connectivity index (χ1n) is 8.38. The molecular weight excluding hydrogens is 324 g/mol. The van der Waals surface area contributed by atoms with Crippen molar-refractivity contribution in [3.8, 4) is 0 Å². The minimum absolute atomic E-state index is 0.161. The summed E-state index contributed by atoms with van der Waals surface area (Å²) >= 11 is 1.49. The van der Waals surface area contributed by atoms with Gasteiger partial charge in [0.25, 0.3) is 11.8 Å². The standard InChI is InChI=1S/C18H22N2O3S/c1-13-5-4-8-19(11-13)16(21)12-24-10-9-20-17(22)14-6-2-3-7-15(14)18(20)23/h2-3,6-7,13H,4-5,8-12H2,1H3/t13-/m1/s1. The first-order chi connectivity index (χ1) is 11.6. The first kappa shape index (κ1) is 17.0. The van der Waals surface area contributed by atoms with Gasteiger partial charge in [0.15, 0.2) is 0 Å². The summed E-state index contributed by atoms with van der Waals surface area (Å²) < 4.78 is 0. The van der Waals surface area contributed by atoms with Crippen LogP contribution in [-0.2, 0) is 4.79 Å². The molecule has 0 spiro atoms. The summed E-state index contributed by atoms with van der Waals surface area (Å²) in [6.07, 6.45) is 2.27. The Balaban J connectivity index is 1.45. The number of imide groups is 1. The van der Waals surface area contributed by atoms with Crippen molar-refractivity contribution in [3.63, 3.8) is 0 Å². The zero-order valence-electron chi connectivity index (χ0n) is 13.9. The Kier molecular flexibility index (Phi) is 5.23. The molecule has 3 rings (SSSR count). The fraction of sp³-hybridized carbons (Fsp3) is 0.500. The van der Waals surface area contributed by atoms with Crippen LogP contribution < -0.4 is 0 Å². The van der Waals surface area contributed by atoms with E-state index in [0.717, 1.165) is 19.5 Å². The van der Waals surface area contributed by atoms with E-state index < -0.39 is 0 Å². The number of carbonyl (C=O) groups excluding carboxylic acids is 3. The molecule has 24 heavy (non-hydrogen) atoms. The van der Waals surface area contributed by atoms with Crippen molar-refractivity contribution in [3.05, 3.63) is 35.4 Å². The minimum Gasteiger partial charge on any atom is -0.342 e. The average Bonchev–Trinajstić information content (AvgIpc) is 2.83. The molecule has 6 heteroatoms. The van der Waals surface area contributed by atoms with Crippen molar-refractivity contribution in [2.24, 2.45) is 5.92 Å². The Labute approximate surface area is 146 Å². The zero-order valence-corrected chi connectivity index (χ0v) is 14.7. The average molecular weight is 346 g/mol. The van der Waals surface area contributed by atoms with Gasteiger partial charge in [0.2, 0.25) is 5.91 Å². The molecule has 1 aromatic carbocycles. The smallest absolute Gasteiger partial charge is 0.261 e. The summed E-state index contributed by atoms with van der Waals surface area (Å²) in [5.74, 6) is 1.27. The lowest BCUT2D eigenvalue weighted by atomic mass is 10.0. The number of fused-ring (bicyclic) bond motifs is 1. The van der Waals surface area contributed by atoms with Gasteiger partial charge in [0.1, 0.15) is 0 Å². The molecule has 2 aliphatic heterocycles. The van der Waals surface area contributed by atoms with Crippen LogP contribution in [0, 0.1) is 5.92 Å². The highest BCUT2D eigenvalue weighted by Crippen LogP contribution is 2.23. The molecule has 2 heterocycles. The second-order valence-corrected chi connectivity index (χ2v) is 7.55. The molecule has 1 saturated heterocycles. The number of carbonyl (C=O) groups is 3. The number of rotatable bonds is 5. The molecule has 0 bridgehead atoms. The molecule has 3 amide bonds. The van der Waals surface area contributed by atoms with E-state index in [-0.39, 0.29) is 17.7 Å². The van der Waals surface area contributed by atoms with Crippen LogP contribution in [-0.4, -0.2) is 58.7 Å². The van der Waals surface area contributed by atoms with Crippen molar-refractivity contribution in [1.29, 1.82) is 0 Å². The highest BCUT2D eigenvalue weighted by Gasteiger charge is 2.34. The highest BCUT2D eigenvalue weighted by atomic mass is 32.2. The van der Waals surface area contributed by atoms with Gasteiger partial charge >= 0.3 is 0 Å². The van der Waals surface area contributed by atoms with Gasteiger partial charge in [-0.1, -0.05) is 19.1 Å². The maximum atomic E-state index is 12.2. The lowest BCUT2D eigenvalue weighted by Gasteiger charge is -2.30. The van der Waals surface area contributed by atoms with Crippen LogP contribution >= 0.6 is 11.8 Å². The summed E-state index contributed by atoms with van der Waals surface area (Å²) in [7, 11) is 0. The topological polar surface area (TPSA) is 57.7 Å². The zero-order chi connectivity index (χ0) is 17.1. The third-order valence-corrected chi connectivity index (χ3v) is 5.49. The Morgan fingerprint density at radius 1 is 1.21 bits per heavy atom. The first-order valence-corrected chi connectivity index (χ1v) is 9.54. The van der Waals surface area contributed by atoms with E-state index in [2.05, 4.69) is 6.92 Å². The number of piperidine rings is 1. The molecule has 0 saturated carbocycles. The normalized spacial score (nSPS) is 20.5. The predicted octanol–water partition coefficient (Wildman–Crippen LogP) is 2.27. The van der Waals surface area contributed by atoms with Crippen molar-refractivity contribution in [1.82, 2.24) is 9.80 Å².